The Hall–Kier alpha value is -2.44. The predicted molar refractivity (Wildman–Crippen MR) is 105 cm³/mol. The van der Waals surface area contributed by atoms with Gasteiger partial charge in [0.15, 0.2) is 0 Å². The van der Waals surface area contributed by atoms with E-state index in [0.717, 1.165) is 0 Å². The minimum Gasteiger partial charge on any atom is -0.379 e. The number of nitriles is 1. The summed E-state index contributed by atoms with van der Waals surface area (Å²) in [6.07, 6.45) is 0. The van der Waals surface area contributed by atoms with Crippen molar-refractivity contribution >= 4 is 33.2 Å². The summed E-state index contributed by atoms with van der Waals surface area (Å²) >= 11 is 6.19. The summed E-state index contributed by atoms with van der Waals surface area (Å²) in [6, 6.07) is 12.6. The molecule has 2 aromatic carbocycles. The van der Waals surface area contributed by atoms with E-state index in [1.165, 1.54) is 34.5 Å². The molecular weight excluding hydrogens is 402 g/mol. The van der Waals surface area contributed by atoms with Gasteiger partial charge in [-0.15, -0.1) is 0 Å². The molecule has 1 fully saturated rings. The highest BCUT2D eigenvalue weighted by atomic mass is 35.5. The van der Waals surface area contributed by atoms with E-state index >= 15 is 0 Å². The summed E-state index contributed by atoms with van der Waals surface area (Å²) in [5.74, 6) is -0.473. The van der Waals surface area contributed by atoms with Crippen LogP contribution in [-0.4, -0.2) is 52.0 Å². The zero-order valence-electron chi connectivity index (χ0n) is 15.1. The molecule has 1 heterocycles. The third-order valence-electron chi connectivity index (χ3n) is 4.44. The van der Waals surface area contributed by atoms with E-state index < -0.39 is 15.9 Å². The number of carbonyl (C=O) groups excluding carboxylic acids is 1. The topological polar surface area (TPSA) is 90.7 Å². The third-order valence-corrected chi connectivity index (χ3v) is 6.67. The number of carbonyl (C=O) groups is 1. The van der Waals surface area contributed by atoms with Crippen LogP contribution in [0.15, 0.2) is 47.4 Å². The summed E-state index contributed by atoms with van der Waals surface area (Å²) < 4.78 is 32.3. The molecule has 7 nitrogen and oxygen atoms in total. The van der Waals surface area contributed by atoms with Gasteiger partial charge in [0.1, 0.15) is 0 Å². The summed E-state index contributed by atoms with van der Waals surface area (Å²) in [6.45, 7) is 1.18. The lowest BCUT2D eigenvalue weighted by molar-refractivity contribution is 0.0730. The molecule has 0 aromatic heterocycles. The summed E-state index contributed by atoms with van der Waals surface area (Å²) in [5.41, 5.74) is 0.981. The van der Waals surface area contributed by atoms with Crippen molar-refractivity contribution in [1.82, 2.24) is 4.31 Å². The molecule has 1 amide bonds. The molecule has 146 valence electrons. The normalized spacial score (nSPS) is 15.0. The largest absolute Gasteiger partial charge is 0.379 e. The highest BCUT2D eigenvalue weighted by molar-refractivity contribution is 7.89. The Morgan fingerprint density at radius 3 is 2.61 bits per heavy atom. The van der Waals surface area contributed by atoms with Crippen molar-refractivity contribution in [2.45, 2.75) is 4.90 Å². The van der Waals surface area contributed by atoms with Crippen molar-refractivity contribution in [1.29, 1.82) is 5.26 Å². The van der Waals surface area contributed by atoms with Gasteiger partial charge in [0, 0.05) is 25.8 Å². The molecule has 0 bridgehead atoms. The lowest BCUT2D eigenvalue weighted by atomic mass is 10.1. The number of hydrogen-bond acceptors (Lipinski definition) is 5. The number of nitrogens with zero attached hydrogens (tertiary/aromatic N) is 3. The number of sulfonamides is 1. The number of amides is 1. The molecule has 0 aliphatic carbocycles. The molecule has 0 spiro atoms. The first-order chi connectivity index (χ1) is 13.3. The Morgan fingerprint density at radius 2 is 1.93 bits per heavy atom. The van der Waals surface area contributed by atoms with Crippen LogP contribution in [0.3, 0.4) is 0 Å². The molecule has 3 rings (SSSR count). The highest BCUT2D eigenvalue weighted by Gasteiger charge is 2.28. The van der Waals surface area contributed by atoms with Gasteiger partial charge in [-0.3, -0.25) is 4.79 Å². The van der Waals surface area contributed by atoms with E-state index in [0.29, 0.717) is 24.5 Å². The van der Waals surface area contributed by atoms with Gasteiger partial charge < -0.3 is 9.64 Å². The second kappa shape index (κ2) is 8.29. The predicted octanol–water partition coefficient (Wildman–Crippen LogP) is 2.51. The average molecular weight is 420 g/mol. The second-order valence-electron chi connectivity index (χ2n) is 6.18. The van der Waals surface area contributed by atoms with Crippen molar-refractivity contribution in [3.05, 3.63) is 58.6 Å². The van der Waals surface area contributed by atoms with E-state index in [1.807, 2.05) is 6.07 Å². The molecule has 0 radical (unpaired) electrons. The quantitative estimate of drug-likeness (QED) is 0.759. The van der Waals surface area contributed by atoms with Crippen molar-refractivity contribution in [2.75, 3.05) is 38.3 Å². The van der Waals surface area contributed by atoms with Gasteiger partial charge >= 0.3 is 0 Å². The Labute approximate surface area is 168 Å². The van der Waals surface area contributed by atoms with Crippen molar-refractivity contribution in [3.63, 3.8) is 0 Å². The molecule has 0 N–H and O–H groups in total. The first-order valence-electron chi connectivity index (χ1n) is 8.50. The van der Waals surface area contributed by atoms with Crippen molar-refractivity contribution in [3.8, 4) is 6.07 Å². The molecule has 1 aliphatic heterocycles. The number of ether oxygens (including phenoxy) is 1. The Balaban J connectivity index is 1.94. The fourth-order valence-electron chi connectivity index (χ4n) is 2.85. The van der Waals surface area contributed by atoms with Gasteiger partial charge in [-0.05, 0) is 36.4 Å². The van der Waals surface area contributed by atoms with Crippen LogP contribution in [-0.2, 0) is 14.8 Å². The molecule has 28 heavy (non-hydrogen) atoms. The van der Waals surface area contributed by atoms with E-state index in [2.05, 4.69) is 0 Å². The number of anilines is 1. The molecule has 0 unspecified atom stereocenters. The van der Waals surface area contributed by atoms with E-state index in [9.17, 15) is 13.2 Å². The maximum Gasteiger partial charge on any atom is 0.259 e. The van der Waals surface area contributed by atoms with Crippen LogP contribution in [0.1, 0.15) is 15.9 Å². The minimum atomic E-state index is -3.75. The second-order valence-corrected chi connectivity index (χ2v) is 8.53. The van der Waals surface area contributed by atoms with E-state index in [-0.39, 0.29) is 28.6 Å². The fraction of sp³-hybridized carbons (Fsp3) is 0.263. The van der Waals surface area contributed by atoms with Gasteiger partial charge in [0.25, 0.3) is 5.91 Å². The first-order valence-corrected chi connectivity index (χ1v) is 10.3. The summed E-state index contributed by atoms with van der Waals surface area (Å²) in [4.78, 5) is 14.3. The Kier molecular flexibility index (Phi) is 6.01. The van der Waals surface area contributed by atoms with Crippen molar-refractivity contribution < 1.29 is 17.9 Å². The number of rotatable bonds is 4. The van der Waals surface area contributed by atoms with Gasteiger partial charge in [0.2, 0.25) is 10.0 Å². The summed E-state index contributed by atoms with van der Waals surface area (Å²) in [5, 5.41) is 9.19. The van der Waals surface area contributed by atoms with Crippen LogP contribution in [0.4, 0.5) is 5.69 Å². The average Bonchev–Trinajstić information content (AvgIpc) is 2.73. The smallest absolute Gasteiger partial charge is 0.259 e. The highest BCUT2D eigenvalue weighted by Crippen LogP contribution is 2.26. The molecular formula is C19H18ClN3O4S. The molecule has 0 saturated carbocycles. The van der Waals surface area contributed by atoms with Gasteiger partial charge in [-0.1, -0.05) is 17.7 Å². The maximum atomic E-state index is 13.0. The lowest BCUT2D eigenvalue weighted by Gasteiger charge is -2.26. The molecule has 9 heteroatoms. The monoisotopic (exact) mass is 419 g/mol. The van der Waals surface area contributed by atoms with Crippen LogP contribution in [0.25, 0.3) is 0 Å². The van der Waals surface area contributed by atoms with Crippen molar-refractivity contribution in [2.24, 2.45) is 0 Å². The number of halogens is 1. The number of morpholine rings is 1. The zero-order chi connectivity index (χ0) is 20.3. The zero-order valence-corrected chi connectivity index (χ0v) is 16.7. The molecule has 2 aromatic rings. The van der Waals surface area contributed by atoms with Crippen LogP contribution >= 0.6 is 11.6 Å². The first kappa shape index (κ1) is 20.3. The van der Waals surface area contributed by atoms with E-state index in [4.69, 9.17) is 21.6 Å². The maximum absolute atomic E-state index is 13.0. The Morgan fingerprint density at radius 1 is 1.21 bits per heavy atom. The minimum absolute atomic E-state index is 0.00123. The van der Waals surface area contributed by atoms with Crippen LogP contribution in [0, 0.1) is 11.3 Å². The Bertz CT molecular complexity index is 1040. The molecule has 0 atom stereocenters. The fourth-order valence-corrected chi connectivity index (χ4v) is 4.48. The number of benzene rings is 2. The number of hydrogen-bond donors (Lipinski definition) is 0. The van der Waals surface area contributed by atoms with Gasteiger partial charge in [-0.25, -0.2) is 8.42 Å². The molecule has 1 saturated heterocycles. The van der Waals surface area contributed by atoms with Crippen LogP contribution < -0.4 is 4.90 Å². The summed E-state index contributed by atoms with van der Waals surface area (Å²) in [7, 11) is -2.21. The van der Waals surface area contributed by atoms with E-state index in [1.54, 1.807) is 24.3 Å². The third kappa shape index (κ3) is 4.03. The SMILES string of the molecule is CN(C(=O)c1cc(S(=O)(=O)N2CCOCC2)ccc1Cl)c1cccc(C#N)c1. The van der Waals surface area contributed by atoms with Gasteiger partial charge in [-0.2, -0.15) is 9.57 Å². The van der Waals surface area contributed by atoms with Crippen LogP contribution in [0.2, 0.25) is 5.02 Å². The molecule has 1 aliphatic rings. The standard InChI is InChI=1S/C19H18ClN3O4S/c1-22(15-4-2-3-14(11-15)13-21)19(24)17-12-16(5-6-18(17)20)28(25,26)23-7-9-27-10-8-23/h2-6,11-12H,7-10H2,1H3. The van der Waals surface area contributed by atoms with Gasteiger partial charge in [0.05, 0.1) is 40.3 Å². The van der Waals surface area contributed by atoms with Crippen LogP contribution in [0.5, 0.6) is 0 Å². The lowest BCUT2D eigenvalue weighted by Crippen LogP contribution is -2.40.